The van der Waals surface area contributed by atoms with E-state index in [0.29, 0.717) is 34.3 Å². The Morgan fingerprint density at radius 2 is 1.94 bits per heavy atom. The normalized spacial score (nSPS) is 12.4. The van der Waals surface area contributed by atoms with Crippen LogP contribution in [0.4, 0.5) is 10.2 Å². The molecular weight excluding hydrogens is 449 g/mol. The number of aromatic nitrogens is 5. The molecule has 0 spiro atoms. The molecule has 0 aliphatic heterocycles. The van der Waals surface area contributed by atoms with E-state index in [2.05, 4.69) is 30.7 Å². The number of halogens is 1. The van der Waals surface area contributed by atoms with E-state index < -0.39 is 5.82 Å². The predicted octanol–water partition coefficient (Wildman–Crippen LogP) is 3.96. The maximum atomic E-state index is 13.8. The van der Waals surface area contributed by atoms with E-state index >= 15 is 0 Å². The quantitative estimate of drug-likeness (QED) is 0.415. The van der Waals surface area contributed by atoms with Crippen molar-refractivity contribution in [3.05, 3.63) is 65.9 Å². The summed E-state index contributed by atoms with van der Waals surface area (Å²) in [6, 6.07) is 8.36. The van der Waals surface area contributed by atoms with Gasteiger partial charge in [-0.05, 0) is 63.6 Å². The zero-order chi connectivity index (χ0) is 25.2. The molecule has 0 saturated heterocycles. The second-order valence-corrected chi connectivity index (χ2v) is 9.27. The number of methoxy groups -OCH3 is 1. The van der Waals surface area contributed by atoms with Crippen molar-refractivity contribution in [3.63, 3.8) is 0 Å². The molecule has 0 unspecified atom stereocenters. The molecule has 4 aromatic heterocycles. The minimum atomic E-state index is -0.447. The number of anilines is 1. The third-order valence-electron chi connectivity index (χ3n) is 5.20. The first-order chi connectivity index (χ1) is 16.6. The fraction of sp³-hybridized carbons (Fsp3) is 0.320. The third-order valence-corrected chi connectivity index (χ3v) is 5.20. The average Bonchev–Trinajstić information content (AvgIpc) is 3.21. The number of amides is 1. The number of pyridine rings is 2. The highest BCUT2D eigenvalue weighted by Gasteiger charge is 2.17. The molecule has 0 aromatic carbocycles. The summed E-state index contributed by atoms with van der Waals surface area (Å²) in [5, 5.41) is 10.9. The van der Waals surface area contributed by atoms with Gasteiger partial charge in [-0.25, -0.2) is 18.9 Å². The van der Waals surface area contributed by atoms with Crippen LogP contribution in [0.5, 0.6) is 5.88 Å². The van der Waals surface area contributed by atoms with Gasteiger partial charge in [0.05, 0.1) is 37.7 Å². The minimum absolute atomic E-state index is 0.0614. The van der Waals surface area contributed by atoms with Crippen LogP contribution in [0.25, 0.3) is 17.0 Å². The number of carbonyl (C=O) groups is 1. The number of hydrogen-bond donors (Lipinski definition) is 2. The van der Waals surface area contributed by atoms with Crippen LogP contribution in [0.15, 0.2) is 48.9 Å². The van der Waals surface area contributed by atoms with E-state index in [0.717, 1.165) is 11.8 Å². The summed E-state index contributed by atoms with van der Waals surface area (Å²) in [5.41, 5.74) is 3.07. The summed E-state index contributed by atoms with van der Waals surface area (Å²) >= 11 is 0. The lowest BCUT2D eigenvalue weighted by Crippen LogP contribution is -2.41. The molecule has 4 aromatic rings. The number of ether oxygens (including phenoxy) is 1. The largest absolute Gasteiger partial charge is 0.481 e. The fourth-order valence-electron chi connectivity index (χ4n) is 3.72. The van der Waals surface area contributed by atoms with Gasteiger partial charge in [0.15, 0.2) is 5.65 Å². The highest BCUT2D eigenvalue weighted by Crippen LogP contribution is 2.27. The number of nitrogens with zero attached hydrogens (tertiary/aromatic N) is 5. The lowest BCUT2D eigenvalue weighted by atomic mass is 10.1. The summed E-state index contributed by atoms with van der Waals surface area (Å²) in [5.74, 6) is 0.383. The van der Waals surface area contributed by atoms with Crippen molar-refractivity contribution in [2.75, 3.05) is 12.4 Å². The number of imidazole rings is 1. The Kier molecular flexibility index (Phi) is 6.63. The first-order valence-corrected chi connectivity index (χ1v) is 11.2. The third kappa shape index (κ3) is 5.71. The Bertz CT molecular complexity index is 1360. The van der Waals surface area contributed by atoms with E-state index in [1.165, 1.54) is 13.2 Å². The molecule has 0 fully saturated rings. The smallest absolute Gasteiger partial charge is 0.224 e. The van der Waals surface area contributed by atoms with Crippen molar-refractivity contribution in [1.29, 1.82) is 0 Å². The molecule has 2 N–H and O–H groups in total. The van der Waals surface area contributed by atoms with Gasteiger partial charge in [0.25, 0.3) is 0 Å². The molecule has 0 aliphatic rings. The van der Waals surface area contributed by atoms with Gasteiger partial charge in [-0.2, -0.15) is 0 Å². The van der Waals surface area contributed by atoms with Crippen LogP contribution < -0.4 is 15.4 Å². The highest BCUT2D eigenvalue weighted by molar-refractivity contribution is 5.79. The number of hydrogen-bond acceptors (Lipinski definition) is 7. The summed E-state index contributed by atoms with van der Waals surface area (Å²) in [7, 11) is 1.49. The van der Waals surface area contributed by atoms with Crippen molar-refractivity contribution in [3.8, 4) is 17.3 Å². The number of rotatable bonds is 7. The molecule has 0 bridgehead atoms. The second-order valence-electron chi connectivity index (χ2n) is 9.27. The molecular formula is C25H28FN7O2. The van der Waals surface area contributed by atoms with Gasteiger partial charge in [-0.3, -0.25) is 9.78 Å². The molecule has 1 atom stereocenters. The summed E-state index contributed by atoms with van der Waals surface area (Å²) in [6.45, 7) is 7.70. The number of carbonyl (C=O) groups excluding carboxylic acids is 1. The first-order valence-electron chi connectivity index (χ1n) is 11.2. The van der Waals surface area contributed by atoms with Crippen LogP contribution in [0, 0.1) is 5.82 Å². The zero-order valence-electron chi connectivity index (χ0n) is 20.3. The van der Waals surface area contributed by atoms with Crippen molar-refractivity contribution in [2.24, 2.45) is 0 Å². The van der Waals surface area contributed by atoms with Crippen molar-refractivity contribution >= 4 is 17.4 Å². The number of nitrogens with one attached hydrogen (secondary N) is 2. The lowest BCUT2D eigenvalue weighted by molar-refractivity contribution is -0.121. The molecule has 0 saturated carbocycles. The zero-order valence-corrected chi connectivity index (χ0v) is 20.3. The Hall–Kier alpha value is -4.08. The van der Waals surface area contributed by atoms with E-state index in [1.54, 1.807) is 23.0 Å². The van der Waals surface area contributed by atoms with Crippen LogP contribution in [0.3, 0.4) is 0 Å². The lowest BCUT2D eigenvalue weighted by Gasteiger charge is -2.20. The molecule has 182 valence electrons. The van der Waals surface area contributed by atoms with Gasteiger partial charge >= 0.3 is 0 Å². The Morgan fingerprint density at radius 1 is 1.14 bits per heavy atom. The van der Waals surface area contributed by atoms with Gasteiger partial charge in [-0.1, -0.05) is 0 Å². The van der Waals surface area contributed by atoms with Crippen LogP contribution in [0.2, 0.25) is 0 Å². The van der Waals surface area contributed by atoms with Crippen LogP contribution in [-0.2, 0) is 11.2 Å². The van der Waals surface area contributed by atoms with Crippen molar-refractivity contribution in [2.45, 2.75) is 45.7 Å². The Morgan fingerprint density at radius 3 is 2.69 bits per heavy atom. The average molecular weight is 478 g/mol. The van der Waals surface area contributed by atoms with Gasteiger partial charge in [0, 0.05) is 17.3 Å². The van der Waals surface area contributed by atoms with E-state index in [1.807, 2.05) is 45.9 Å². The van der Waals surface area contributed by atoms with Gasteiger partial charge < -0.3 is 15.4 Å². The summed E-state index contributed by atoms with van der Waals surface area (Å²) in [4.78, 5) is 25.2. The molecule has 9 nitrogen and oxygen atoms in total. The Balaban J connectivity index is 1.60. The SMILES string of the molecule is COc1ncc(F)cc1[C@@H](C)Nc1ccc2ncc(-c3cc(CC(=O)NC(C)(C)C)ccn3)n2n1. The molecule has 35 heavy (non-hydrogen) atoms. The molecule has 0 radical (unpaired) electrons. The maximum absolute atomic E-state index is 13.8. The van der Waals surface area contributed by atoms with Crippen molar-refractivity contribution in [1.82, 2.24) is 29.9 Å². The maximum Gasteiger partial charge on any atom is 0.224 e. The second kappa shape index (κ2) is 9.65. The van der Waals surface area contributed by atoms with Gasteiger partial charge in [0.1, 0.15) is 17.3 Å². The van der Waals surface area contributed by atoms with E-state index in [9.17, 15) is 9.18 Å². The summed E-state index contributed by atoms with van der Waals surface area (Å²) < 4.78 is 20.7. The van der Waals surface area contributed by atoms with Crippen LogP contribution >= 0.6 is 0 Å². The monoisotopic (exact) mass is 477 g/mol. The standard InChI is InChI=1S/C25H28FN7O2/c1-15(18-12-17(26)13-29-24(18)35-5)30-21-6-7-22-28-14-20(33(22)32-21)19-10-16(8-9-27-19)11-23(34)31-25(2,3)4/h6-10,12-15H,11H2,1-5H3,(H,30,32)(H,31,34)/t15-/m1/s1. The molecule has 10 heteroatoms. The van der Waals surface area contributed by atoms with Crippen LogP contribution in [0.1, 0.15) is 44.9 Å². The fourth-order valence-corrected chi connectivity index (χ4v) is 3.72. The topological polar surface area (TPSA) is 106 Å². The molecule has 4 heterocycles. The van der Waals surface area contributed by atoms with Crippen molar-refractivity contribution < 1.29 is 13.9 Å². The van der Waals surface area contributed by atoms with E-state index in [-0.39, 0.29) is 23.9 Å². The summed E-state index contributed by atoms with van der Waals surface area (Å²) in [6.07, 6.45) is 4.72. The number of fused-ring (bicyclic) bond motifs is 1. The van der Waals surface area contributed by atoms with E-state index in [4.69, 9.17) is 4.74 Å². The molecule has 4 rings (SSSR count). The molecule has 0 aliphatic carbocycles. The first kappa shape index (κ1) is 24.1. The van der Waals surface area contributed by atoms with Gasteiger partial charge in [0.2, 0.25) is 11.8 Å². The van der Waals surface area contributed by atoms with Gasteiger partial charge in [-0.15, -0.1) is 5.10 Å². The van der Waals surface area contributed by atoms with Crippen LogP contribution in [-0.4, -0.2) is 43.1 Å². The predicted molar refractivity (Wildman–Crippen MR) is 131 cm³/mol. The minimum Gasteiger partial charge on any atom is -0.481 e. The Labute approximate surface area is 202 Å². The highest BCUT2D eigenvalue weighted by atomic mass is 19.1. The molecule has 1 amide bonds.